The van der Waals surface area contributed by atoms with Crippen molar-refractivity contribution in [1.82, 2.24) is 9.78 Å². The Balaban J connectivity index is 2.21. The van der Waals surface area contributed by atoms with Gasteiger partial charge in [-0.3, -0.25) is 4.68 Å². The van der Waals surface area contributed by atoms with E-state index in [4.69, 9.17) is 22.1 Å². The maximum Gasteiger partial charge on any atom is 0.131 e. The summed E-state index contributed by atoms with van der Waals surface area (Å²) in [5.41, 5.74) is 10.5. The average Bonchev–Trinajstić information content (AvgIpc) is 2.67. The molecule has 5 heteroatoms. The fourth-order valence-corrected chi connectivity index (χ4v) is 2.47. The first kappa shape index (κ1) is 14.7. The van der Waals surface area contributed by atoms with Crippen LogP contribution in [0.25, 0.3) is 0 Å². The third kappa shape index (κ3) is 2.75. The van der Waals surface area contributed by atoms with Gasteiger partial charge >= 0.3 is 0 Å². The van der Waals surface area contributed by atoms with Crippen molar-refractivity contribution in [2.24, 2.45) is 7.05 Å². The number of aryl methyl sites for hydroxylation is 4. The quantitative estimate of drug-likeness (QED) is 0.879. The molecular formula is C15H20ClN3O. The molecule has 4 nitrogen and oxygen atoms in total. The van der Waals surface area contributed by atoms with E-state index in [0.717, 1.165) is 40.4 Å². The molecule has 0 aliphatic heterocycles. The second-order valence-electron chi connectivity index (χ2n) is 4.95. The number of aromatic nitrogens is 2. The van der Waals surface area contributed by atoms with Crippen molar-refractivity contribution in [3.63, 3.8) is 0 Å². The van der Waals surface area contributed by atoms with Crippen LogP contribution in [0.5, 0.6) is 5.75 Å². The number of anilines is 1. The van der Waals surface area contributed by atoms with Crippen molar-refractivity contribution < 1.29 is 4.74 Å². The predicted octanol–water partition coefficient (Wildman–Crippen LogP) is 3.41. The van der Waals surface area contributed by atoms with Gasteiger partial charge in [-0.05, 0) is 31.4 Å². The molecule has 0 unspecified atom stereocenters. The van der Waals surface area contributed by atoms with E-state index < -0.39 is 0 Å². The molecule has 2 aromatic rings. The maximum atomic E-state index is 6.30. The van der Waals surface area contributed by atoms with Crippen LogP contribution in [-0.4, -0.2) is 9.78 Å². The molecule has 0 radical (unpaired) electrons. The molecule has 0 bridgehead atoms. The fraction of sp³-hybridized carbons (Fsp3) is 0.400. The maximum absolute atomic E-state index is 6.30. The zero-order valence-corrected chi connectivity index (χ0v) is 13.1. The van der Waals surface area contributed by atoms with Crippen molar-refractivity contribution in [1.29, 1.82) is 0 Å². The summed E-state index contributed by atoms with van der Waals surface area (Å²) in [5, 5.41) is 5.06. The van der Waals surface area contributed by atoms with Crippen molar-refractivity contribution in [3.05, 3.63) is 39.7 Å². The molecule has 0 aliphatic carbocycles. The van der Waals surface area contributed by atoms with Crippen LogP contribution in [0.2, 0.25) is 5.02 Å². The van der Waals surface area contributed by atoms with Crippen LogP contribution < -0.4 is 10.5 Å². The zero-order valence-electron chi connectivity index (χ0n) is 12.3. The van der Waals surface area contributed by atoms with Crippen molar-refractivity contribution in [3.8, 4) is 5.75 Å². The third-order valence-electron chi connectivity index (χ3n) is 3.43. The average molecular weight is 294 g/mol. The Kier molecular flexibility index (Phi) is 4.23. The number of hydrogen-bond acceptors (Lipinski definition) is 3. The highest BCUT2D eigenvalue weighted by Gasteiger charge is 2.14. The Labute approximate surface area is 124 Å². The van der Waals surface area contributed by atoms with Crippen LogP contribution in [0.1, 0.15) is 29.4 Å². The molecule has 1 aromatic heterocycles. The number of nitrogen functional groups attached to an aromatic ring is 1. The van der Waals surface area contributed by atoms with Gasteiger partial charge in [0.2, 0.25) is 0 Å². The lowest BCUT2D eigenvalue weighted by atomic mass is 10.1. The molecule has 20 heavy (non-hydrogen) atoms. The number of rotatable bonds is 4. The second kappa shape index (κ2) is 5.75. The molecule has 0 fully saturated rings. The van der Waals surface area contributed by atoms with Crippen LogP contribution in [0.4, 0.5) is 5.69 Å². The lowest BCUT2D eigenvalue weighted by molar-refractivity contribution is 0.293. The molecule has 2 N–H and O–H groups in total. The minimum absolute atomic E-state index is 0.381. The van der Waals surface area contributed by atoms with Gasteiger partial charge in [0.15, 0.2) is 0 Å². The van der Waals surface area contributed by atoms with E-state index in [0.29, 0.717) is 11.6 Å². The fourth-order valence-electron chi connectivity index (χ4n) is 2.13. The van der Waals surface area contributed by atoms with Gasteiger partial charge in [0.05, 0.1) is 16.4 Å². The predicted molar refractivity (Wildman–Crippen MR) is 82.3 cm³/mol. The number of benzene rings is 1. The number of hydrogen-bond donors (Lipinski definition) is 1. The first-order chi connectivity index (χ1) is 9.43. The molecule has 0 atom stereocenters. The largest absolute Gasteiger partial charge is 0.487 e. The molecule has 2 rings (SSSR count). The van der Waals surface area contributed by atoms with Gasteiger partial charge in [-0.25, -0.2) is 0 Å². The Bertz CT molecular complexity index is 635. The van der Waals surface area contributed by atoms with Crippen LogP contribution in [0.3, 0.4) is 0 Å². The first-order valence-electron chi connectivity index (χ1n) is 6.63. The minimum Gasteiger partial charge on any atom is -0.487 e. The van der Waals surface area contributed by atoms with E-state index in [2.05, 4.69) is 5.10 Å². The molecule has 0 saturated heterocycles. The Morgan fingerprint density at radius 1 is 1.30 bits per heavy atom. The molecule has 0 saturated carbocycles. The highest BCUT2D eigenvalue weighted by molar-refractivity contribution is 6.31. The summed E-state index contributed by atoms with van der Waals surface area (Å²) >= 11 is 6.30. The SMILES string of the molecule is CCc1nn(C)c(COc2cc(N)c(C)cc2C)c1Cl. The molecule has 1 heterocycles. The van der Waals surface area contributed by atoms with Gasteiger partial charge in [-0.1, -0.05) is 24.6 Å². The second-order valence-corrected chi connectivity index (χ2v) is 5.33. The zero-order chi connectivity index (χ0) is 14.9. The lowest BCUT2D eigenvalue weighted by Crippen LogP contribution is -2.05. The van der Waals surface area contributed by atoms with E-state index in [-0.39, 0.29) is 0 Å². The van der Waals surface area contributed by atoms with E-state index in [9.17, 15) is 0 Å². The van der Waals surface area contributed by atoms with Gasteiger partial charge in [0.1, 0.15) is 12.4 Å². The molecule has 0 spiro atoms. The van der Waals surface area contributed by atoms with E-state index >= 15 is 0 Å². The van der Waals surface area contributed by atoms with Crippen molar-refractivity contribution in [2.75, 3.05) is 5.73 Å². The van der Waals surface area contributed by atoms with E-state index in [1.807, 2.05) is 40.0 Å². The number of ether oxygens (including phenoxy) is 1. The number of nitrogens with zero attached hydrogens (tertiary/aromatic N) is 2. The highest BCUT2D eigenvalue weighted by Crippen LogP contribution is 2.27. The lowest BCUT2D eigenvalue weighted by Gasteiger charge is -2.12. The Morgan fingerprint density at radius 3 is 2.60 bits per heavy atom. The van der Waals surface area contributed by atoms with Crippen LogP contribution in [0.15, 0.2) is 12.1 Å². The number of halogens is 1. The van der Waals surface area contributed by atoms with E-state index in [1.54, 1.807) is 4.68 Å². The normalized spacial score (nSPS) is 10.8. The van der Waals surface area contributed by atoms with Crippen LogP contribution >= 0.6 is 11.6 Å². The summed E-state index contributed by atoms with van der Waals surface area (Å²) in [6.45, 7) is 6.40. The smallest absolute Gasteiger partial charge is 0.131 e. The Hall–Kier alpha value is -1.68. The van der Waals surface area contributed by atoms with Gasteiger partial charge in [-0.15, -0.1) is 0 Å². The van der Waals surface area contributed by atoms with Crippen molar-refractivity contribution >= 4 is 17.3 Å². The first-order valence-corrected chi connectivity index (χ1v) is 7.01. The van der Waals surface area contributed by atoms with Crippen molar-refractivity contribution in [2.45, 2.75) is 33.8 Å². The highest BCUT2D eigenvalue weighted by atomic mass is 35.5. The standard InChI is InChI=1S/C15H20ClN3O/c1-5-12-15(16)13(19(4)18-12)8-20-14-7-11(17)9(2)6-10(14)3/h6-7H,5,8,17H2,1-4H3. The number of nitrogens with two attached hydrogens (primary N) is 1. The van der Waals surface area contributed by atoms with Gasteiger partial charge in [0.25, 0.3) is 0 Å². The van der Waals surface area contributed by atoms with Gasteiger partial charge in [-0.2, -0.15) is 5.10 Å². The monoisotopic (exact) mass is 293 g/mol. The summed E-state index contributed by atoms with van der Waals surface area (Å²) in [4.78, 5) is 0. The Morgan fingerprint density at radius 2 is 2.00 bits per heavy atom. The van der Waals surface area contributed by atoms with Gasteiger partial charge < -0.3 is 10.5 Å². The topological polar surface area (TPSA) is 53.1 Å². The summed E-state index contributed by atoms with van der Waals surface area (Å²) in [6.07, 6.45) is 0.809. The molecular weight excluding hydrogens is 274 g/mol. The minimum atomic E-state index is 0.381. The van der Waals surface area contributed by atoms with Gasteiger partial charge in [0, 0.05) is 18.8 Å². The molecule has 0 aliphatic rings. The summed E-state index contributed by atoms with van der Waals surface area (Å²) in [6, 6.07) is 3.88. The van der Waals surface area contributed by atoms with Crippen LogP contribution in [0, 0.1) is 13.8 Å². The van der Waals surface area contributed by atoms with E-state index in [1.165, 1.54) is 0 Å². The summed E-state index contributed by atoms with van der Waals surface area (Å²) in [7, 11) is 1.88. The van der Waals surface area contributed by atoms with Crippen LogP contribution in [-0.2, 0) is 20.1 Å². The summed E-state index contributed by atoms with van der Waals surface area (Å²) < 4.78 is 7.62. The summed E-state index contributed by atoms with van der Waals surface area (Å²) in [5.74, 6) is 0.781. The molecule has 108 valence electrons. The third-order valence-corrected chi connectivity index (χ3v) is 3.87. The molecule has 1 aromatic carbocycles. The molecule has 0 amide bonds.